The molecule has 0 bridgehead atoms. The number of sulfonamides is 1. The van der Waals surface area contributed by atoms with Crippen LogP contribution in [0, 0.1) is 20.8 Å². The average molecular weight is 414 g/mol. The molecule has 156 valence electrons. The van der Waals surface area contributed by atoms with Crippen LogP contribution < -0.4 is 11.1 Å². The Hall–Kier alpha value is -2.31. The summed E-state index contributed by atoms with van der Waals surface area (Å²) >= 11 is 0. The molecule has 0 spiro atoms. The van der Waals surface area contributed by atoms with E-state index >= 15 is 0 Å². The third-order valence-corrected chi connectivity index (χ3v) is 7.64. The Bertz CT molecular complexity index is 1020. The maximum atomic E-state index is 13.6. The molecule has 1 saturated carbocycles. The molecule has 2 aromatic rings. The van der Waals surface area contributed by atoms with Crippen LogP contribution in [0.1, 0.15) is 42.0 Å². The summed E-state index contributed by atoms with van der Waals surface area (Å²) in [5.74, 6) is 0. The Kier molecular flexibility index (Phi) is 6.05. The molecule has 3 rings (SSSR count). The van der Waals surface area contributed by atoms with E-state index in [1.165, 1.54) is 0 Å². The van der Waals surface area contributed by atoms with E-state index in [4.69, 9.17) is 5.73 Å². The molecule has 2 aromatic carbocycles. The molecule has 3 N–H and O–H groups in total. The number of rotatable bonds is 8. The molecular weight excluding hydrogens is 382 g/mol. The number of nitrogens with one attached hydrogen (secondary N) is 1. The van der Waals surface area contributed by atoms with Crippen LogP contribution in [0.4, 0.5) is 11.4 Å². The fourth-order valence-electron chi connectivity index (χ4n) is 3.75. The summed E-state index contributed by atoms with van der Waals surface area (Å²) in [6.07, 6.45) is 2.64. The zero-order chi connectivity index (χ0) is 21.3. The van der Waals surface area contributed by atoms with Gasteiger partial charge in [-0.25, -0.2) is 8.42 Å². The Morgan fingerprint density at radius 3 is 2.34 bits per heavy atom. The first-order chi connectivity index (χ1) is 13.6. The lowest BCUT2D eigenvalue weighted by Gasteiger charge is -2.26. The number of nitrogen functional groups attached to an aromatic ring is 1. The van der Waals surface area contributed by atoms with Crippen LogP contribution >= 0.6 is 0 Å². The first kappa shape index (κ1) is 21.4. The van der Waals surface area contributed by atoms with E-state index in [1.54, 1.807) is 4.31 Å². The van der Waals surface area contributed by atoms with E-state index in [9.17, 15) is 8.42 Å². The Balaban J connectivity index is 1.88. The molecule has 0 aromatic heterocycles. The van der Waals surface area contributed by atoms with Gasteiger partial charge in [-0.2, -0.15) is 4.31 Å². The minimum atomic E-state index is -3.63. The number of hydrogen-bond donors (Lipinski definition) is 2. The summed E-state index contributed by atoms with van der Waals surface area (Å²) in [6.45, 7) is 12.1. The van der Waals surface area contributed by atoms with Crippen molar-refractivity contribution < 1.29 is 8.42 Å². The van der Waals surface area contributed by atoms with E-state index in [-0.39, 0.29) is 12.6 Å². The number of nitrogens with zero attached hydrogens (tertiary/aromatic N) is 1. The molecule has 0 amide bonds. The first-order valence-corrected chi connectivity index (χ1v) is 11.5. The second kappa shape index (κ2) is 8.20. The van der Waals surface area contributed by atoms with Crippen molar-refractivity contribution in [2.24, 2.45) is 0 Å². The second-order valence-corrected chi connectivity index (χ2v) is 9.79. The van der Waals surface area contributed by atoms with Crippen LogP contribution in [0.3, 0.4) is 0 Å². The second-order valence-electron chi connectivity index (χ2n) is 7.96. The highest BCUT2D eigenvalue weighted by Crippen LogP contribution is 2.35. The molecule has 1 fully saturated rings. The number of aryl methyl sites for hydroxylation is 4. The number of anilines is 2. The summed E-state index contributed by atoms with van der Waals surface area (Å²) in [5, 5.41) is 3.21. The van der Waals surface area contributed by atoms with E-state index in [2.05, 4.69) is 18.8 Å². The van der Waals surface area contributed by atoms with Crippen LogP contribution in [0.25, 0.3) is 0 Å². The number of benzene rings is 2. The van der Waals surface area contributed by atoms with Crippen molar-refractivity contribution in [1.82, 2.24) is 4.31 Å². The molecular formula is C23H31N3O2S. The molecule has 0 aliphatic heterocycles. The van der Waals surface area contributed by atoms with Crippen LogP contribution in [-0.2, 0) is 16.4 Å². The van der Waals surface area contributed by atoms with Crippen LogP contribution in [0.15, 0.2) is 47.5 Å². The highest BCUT2D eigenvalue weighted by atomic mass is 32.2. The third kappa shape index (κ3) is 4.49. The predicted molar refractivity (Wildman–Crippen MR) is 121 cm³/mol. The van der Waals surface area contributed by atoms with Crippen molar-refractivity contribution in [2.45, 2.75) is 57.9 Å². The van der Waals surface area contributed by atoms with Crippen molar-refractivity contribution in [2.75, 3.05) is 17.6 Å². The van der Waals surface area contributed by atoms with Crippen molar-refractivity contribution in [3.05, 3.63) is 64.9 Å². The molecule has 0 heterocycles. The van der Waals surface area contributed by atoms with Crippen molar-refractivity contribution in [3.8, 4) is 0 Å². The lowest BCUT2D eigenvalue weighted by atomic mass is 10.1. The molecule has 1 aliphatic rings. The summed E-state index contributed by atoms with van der Waals surface area (Å²) in [5.41, 5.74) is 11.9. The number of para-hydroxylation sites is 1. The topological polar surface area (TPSA) is 75.4 Å². The van der Waals surface area contributed by atoms with Gasteiger partial charge in [0.05, 0.1) is 22.8 Å². The first-order valence-electron chi connectivity index (χ1n) is 10.1. The van der Waals surface area contributed by atoms with Gasteiger partial charge in [-0.1, -0.05) is 37.8 Å². The zero-order valence-corrected chi connectivity index (χ0v) is 18.6. The molecule has 0 radical (unpaired) electrons. The smallest absolute Gasteiger partial charge is 0.244 e. The monoisotopic (exact) mass is 413 g/mol. The van der Waals surface area contributed by atoms with Crippen LogP contribution in [0.2, 0.25) is 0 Å². The molecule has 0 saturated heterocycles. The Morgan fingerprint density at radius 2 is 1.79 bits per heavy atom. The molecule has 0 unspecified atom stereocenters. The summed E-state index contributed by atoms with van der Waals surface area (Å²) in [6, 6.07) is 9.71. The minimum Gasteiger partial charge on any atom is -0.397 e. The third-order valence-electron chi connectivity index (χ3n) is 5.43. The molecule has 5 nitrogen and oxygen atoms in total. The van der Waals surface area contributed by atoms with Crippen LogP contribution in [0.5, 0.6) is 0 Å². The van der Waals surface area contributed by atoms with Crippen molar-refractivity contribution >= 4 is 21.4 Å². The largest absolute Gasteiger partial charge is 0.397 e. The molecule has 29 heavy (non-hydrogen) atoms. The van der Waals surface area contributed by atoms with Gasteiger partial charge in [0.25, 0.3) is 0 Å². The predicted octanol–water partition coefficient (Wildman–Crippen LogP) is 4.54. The average Bonchev–Trinajstić information content (AvgIpc) is 3.47. The van der Waals surface area contributed by atoms with Gasteiger partial charge < -0.3 is 11.1 Å². The van der Waals surface area contributed by atoms with Gasteiger partial charge in [0.2, 0.25) is 10.0 Å². The highest BCUT2D eigenvalue weighted by molar-refractivity contribution is 7.89. The fraction of sp³-hybridized carbons (Fsp3) is 0.391. The molecule has 1 aliphatic carbocycles. The lowest BCUT2D eigenvalue weighted by molar-refractivity contribution is 0.429. The Morgan fingerprint density at radius 1 is 1.17 bits per heavy atom. The van der Waals surface area contributed by atoms with Gasteiger partial charge in [0.1, 0.15) is 0 Å². The van der Waals surface area contributed by atoms with E-state index < -0.39 is 10.0 Å². The van der Waals surface area contributed by atoms with Crippen LogP contribution in [-0.4, -0.2) is 25.3 Å². The van der Waals surface area contributed by atoms with E-state index in [0.717, 1.165) is 47.2 Å². The van der Waals surface area contributed by atoms with Gasteiger partial charge in [-0.3, -0.25) is 0 Å². The van der Waals surface area contributed by atoms with Gasteiger partial charge in [0.15, 0.2) is 0 Å². The molecule has 6 heteroatoms. The lowest BCUT2D eigenvalue weighted by Crippen LogP contribution is -2.36. The number of nitrogens with two attached hydrogens (primary N) is 1. The molecule has 0 atom stereocenters. The summed E-state index contributed by atoms with van der Waals surface area (Å²) < 4.78 is 28.8. The highest BCUT2D eigenvalue weighted by Gasteiger charge is 2.39. The fourth-order valence-corrected chi connectivity index (χ4v) is 5.84. The van der Waals surface area contributed by atoms with E-state index in [1.807, 2.05) is 51.1 Å². The van der Waals surface area contributed by atoms with E-state index in [0.29, 0.717) is 16.3 Å². The van der Waals surface area contributed by atoms with Gasteiger partial charge >= 0.3 is 0 Å². The Labute approximate surface area is 174 Å². The quantitative estimate of drug-likeness (QED) is 0.623. The van der Waals surface area contributed by atoms with Gasteiger partial charge in [-0.05, 0) is 68.4 Å². The zero-order valence-electron chi connectivity index (χ0n) is 17.7. The van der Waals surface area contributed by atoms with Crippen molar-refractivity contribution in [3.63, 3.8) is 0 Å². The SMILES string of the molecule is C=C(CN(C1CC1)S(=O)(=O)c1c(C)cc(CC)cc1C)Nc1cccc(C)c1N. The number of hydrogen-bond acceptors (Lipinski definition) is 4. The maximum absolute atomic E-state index is 13.6. The summed E-state index contributed by atoms with van der Waals surface area (Å²) in [4.78, 5) is 0.421. The maximum Gasteiger partial charge on any atom is 0.244 e. The van der Waals surface area contributed by atoms with Gasteiger partial charge in [0, 0.05) is 11.7 Å². The van der Waals surface area contributed by atoms with Crippen molar-refractivity contribution in [1.29, 1.82) is 0 Å². The van der Waals surface area contributed by atoms with Gasteiger partial charge in [-0.15, -0.1) is 0 Å². The minimum absolute atomic E-state index is 0.0260. The standard InChI is InChI=1S/C23H31N3O2S/c1-6-19-12-16(3)23(17(4)13-19)29(27,28)26(20-10-11-20)14-18(5)25-21-9-7-8-15(2)22(21)24/h7-9,12-13,20,25H,5-6,10-11,14,24H2,1-4H3. The normalized spacial score (nSPS) is 14.2. The summed E-state index contributed by atoms with van der Waals surface area (Å²) in [7, 11) is -3.63.